The first-order valence-electron chi connectivity index (χ1n) is 13.5. The third-order valence-corrected chi connectivity index (χ3v) is 7.42. The Balaban J connectivity index is 1.56. The normalized spacial score (nSPS) is 13.4. The first kappa shape index (κ1) is 28.8. The summed E-state index contributed by atoms with van der Waals surface area (Å²) in [5.74, 6) is -1.43. The number of carbonyl (C=O) groups excluding carboxylic acids is 2. The van der Waals surface area contributed by atoms with Gasteiger partial charge in [-0.15, -0.1) is 0 Å². The molecule has 1 saturated carbocycles. The van der Waals surface area contributed by atoms with E-state index in [0.29, 0.717) is 39.1 Å². The first-order chi connectivity index (χ1) is 20.2. The quantitative estimate of drug-likeness (QED) is 0.223. The zero-order valence-electron chi connectivity index (χ0n) is 23.0. The van der Waals surface area contributed by atoms with Crippen molar-refractivity contribution in [3.8, 4) is 16.9 Å². The summed E-state index contributed by atoms with van der Waals surface area (Å²) in [5.41, 5.74) is 1.82. The Morgan fingerprint density at radius 3 is 2.48 bits per heavy atom. The SMILES string of the molecule is CCC(=O)c1ccc(Cl)cc1-c1cc(=O)n([C@@H](Cc2ccn(C3CC3)n2)C(=O)Nc2ccc(C(=O)O)cc2)cc1OC. The van der Waals surface area contributed by atoms with Crippen molar-refractivity contribution in [3.63, 3.8) is 0 Å². The van der Waals surface area contributed by atoms with Crippen LogP contribution in [0.4, 0.5) is 5.69 Å². The van der Waals surface area contributed by atoms with Crippen molar-refractivity contribution < 1.29 is 24.2 Å². The standard InChI is InChI=1S/C31H29ClN4O6/c1-3-27(37)23-11-6-19(32)14-24(23)25-16-29(38)35(17-28(25)42-2)26(15-21-12-13-36(34-21)22-9-10-22)30(39)33-20-7-4-18(5-8-20)31(40)41/h4-8,11-14,16-17,22,26H,3,9-10,15H2,1-2H3,(H,33,39)(H,40,41)/t26-/m0/s1. The third-order valence-electron chi connectivity index (χ3n) is 7.18. The summed E-state index contributed by atoms with van der Waals surface area (Å²) in [6, 6.07) is 13.1. The van der Waals surface area contributed by atoms with E-state index in [1.807, 2.05) is 16.9 Å². The number of carbonyl (C=O) groups is 3. The molecule has 0 bridgehead atoms. The maximum Gasteiger partial charge on any atom is 0.335 e. The van der Waals surface area contributed by atoms with E-state index in [4.69, 9.17) is 16.3 Å². The van der Waals surface area contributed by atoms with Crippen LogP contribution < -0.4 is 15.6 Å². The minimum absolute atomic E-state index is 0.0775. The highest BCUT2D eigenvalue weighted by molar-refractivity contribution is 6.31. The van der Waals surface area contributed by atoms with Crippen molar-refractivity contribution in [2.45, 2.75) is 44.7 Å². The smallest absolute Gasteiger partial charge is 0.335 e. The molecule has 2 aromatic carbocycles. The Morgan fingerprint density at radius 1 is 1.10 bits per heavy atom. The monoisotopic (exact) mass is 588 g/mol. The van der Waals surface area contributed by atoms with Gasteiger partial charge in [0.2, 0.25) is 5.91 Å². The van der Waals surface area contributed by atoms with Crippen molar-refractivity contribution >= 4 is 34.9 Å². The van der Waals surface area contributed by atoms with E-state index in [1.54, 1.807) is 25.1 Å². The number of hydrogen-bond acceptors (Lipinski definition) is 6. The Hall–Kier alpha value is -4.70. The number of carboxylic acid groups (broad SMARTS) is 1. The molecule has 1 amide bonds. The minimum Gasteiger partial charge on any atom is -0.495 e. The van der Waals surface area contributed by atoms with Gasteiger partial charge in [0.1, 0.15) is 11.8 Å². The Morgan fingerprint density at radius 2 is 1.83 bits per heavy atom. The van der Waals surface area contributed by atoms with E-state index >= 15 is 0 Å². The molecule has 2 aromatic heterocycles. The summed E-state index contributed by atoms with van der Waals surface area (Å²) in [7, 11) is 1.44. The molecule has 4 aromatic rings. The maximum absolute atomic E-state index is 13.7. The second-order valence-electron chi connectivity index (χ2n) is 10.1. The molecule has 0 spiro atoms. The predicted molar refractivity (Wildman–Crippen MR) is 158 cm³/mol. The number of hydrogen-bond donors (Lipinski definition) is 2. The van der Waals surface area contributed by atoms with E-state index in [-0.39, 0.29) is 29.9 Å². The van der Waals surface area contributed by atoms with Crippen LogP contribution >= 0.6 is 11.6 Å². The van der Waals surface area contributed by atoms with Gasteiger partial charge in [-0.3, -0.25) is 23.6 Å². The van der Waals surface area contributed by atoms with Gasteiger partial charge in [0, 0.05) is 46.9 Å². The van der Waals surface area contributed by atoms with Gasteiger partial charge in [-0.05, 0) is 66.9 Å². The predicted octanol–water partition coefficient (Wildman–Crippen LogP) is 5.42. The number of pyridine rings is 1. The largest absolute Gasteiger partial charge is 0.495 e. The second-order valence-corrected chi connectivity index (χ2v) is 10.5. The van der Waals surface area contributed by atoms with Crippen LogP contribution in [-0.2, 0) is 11.2 Å². The van der Waals surface area contributed by atoms with E-state index in [1.165, 1.54) is 48.2 Å². The Bertz CT molecular complexity index is 1720. The maximum atomic E-state index is 13.7. The van der Waals surface area contributed by atoms with Crippen LogP contribution in [0.15, 0.2) is 71.8 Å². The molecule has 0 unspecified atom stereocenters. The van der Waals surface area contributed by atoms with Gasteiger partial charge in [0.15, 0.2) is 5.78 Å². The van der Waals surface area contributed by atoms with E-state index in [2.05, 4.69) is 10.4 Å². The number of nitrogens with zero attached hydrogens (tertiary/aromatic N) is 3. The lowest BCUT2D eigenvalue weighted by Crippen LogP contribution is -2.34. The molecule has 1 aliphatic carbocycles. The second kappa shape index (κ2) is 12.0. The van der Waals surface area contributed by atoms with E-state index < -0.39 is 23.5 Å². The van der Waals surface area contributed by atoms with Crippen LogP contribution in [0, 0.1) is 0 Å². The van der Waals surface area contributed by atoms with Gasteiger partial charge >= 0.3 is 5.97 Å². The topological polar surface area (TPSA) is 133 Å². The van der Waals surface area contributed by atoms with Gasteiger partial charge in [-0.2, -0.15) is 5.10 Å². The fourth-order valence-electron chi connectivity index (χ4n) is 4.78. The van der Waals surface area contributed by atoms with Crippen LogP contribution in [0.2, 0.25) is 5.02 Å². The number of halogens is 1. The van der Waals surface area contributed by atoms with Crippen LogP contribution in [0.1, 0.15) is 64.7 Å². The van der Waals surface area contributed by atoms with E-state index in [0.717, 1.165) is 12.8 Å². The summed E-state index contributed by atoms with van der Waals surface area (Å²) >= 11 is 6.27. The first-order valence-corrected chi connectivity index (χ1v) is 13.9. The number of amides is 1. The molecule has 2 N–H and O–H groups in total. The number of Topliss-reactive ketones (excluding diaryl/α,β-unsaturated/α-hetero) is 1. The highest BCUT2D eigenvalue weighted by atomic mass is 35.5. The molecule has 0 aliphatic heterocycles. The number of anilines is 1. The number of rotatable bonds is 11. The van der Waals surface area contributed by atoms with Gasteiger partial charge in [-0.1, -0.05) is 18.5 Å². The zero-order valence-corrected chi connectivity index (χ0v) is 23.8. The summed E-state index contributed by atoms with van der Waals surface area (Å²) in [4.78, 5) is 51.3. The van der Waals surface area contributed by atoms with Crippen molar-refractivity contribution in [2.24, 2.45) is 0 Å². The highest BCUT2D eigenvalue weighted by Gasteiger charge is 2.28. The lowest BCUT2D eigenvalue weighted by Gasteiger charge is -2.21. The molecule has 2 heterocycles. The number of nitrogens with one attached hydrogen (secondary N) is 1. The Labute approximate surface area is 246 Å². The van der Waals surface area contributed by atoms with Crippen LogP contribution in [-0.4, -0.2) is 44.2 Å². The van der Waals surface area contributed by atoms with Gasteiger partial charge < -0.3 is 15.2 Å². The molecule has 1 fully saturated rings. The molecular formula is C31H29ClN4O6. The number of ketones is 1. The zero-order chi connectivity index (χ0) is 30.0. The van der Waals surface area contributed by atoms with Crippen LogP contribution in [0.3, 0.4) is 0 Å². The average Bonchev–Trinajstić information content (AvgIpc) is 3.73. The van der Waals surface area contributed by atoms with Crippen LogP contribution in [0.25, 0.3) is 11.1 Å². The number of ether oxygens (including phenoxy) is 1. The number of carboxylic acids is 1. The summed E-state index contributed by atoms with van der Waals surface area (Å²) in [6.45, 7) is 1.75. The van der Waals surface area contributed by atoms with Gasteiger partial charge in [0.05, 0.1) is 30.6 Å². The van der Waals surface area contributed by atoms with Gasteiger partial charge in [0.25, 0.3) is 5.56 Å². The third kappa shape index (κ3) is 6.13. The van der Waals surface area contributed by atoms with Crippen molar-refractivity contribution in [3.05, 3.63) is 99.2 Å². The van der Waals surface area contributed by atoms with Crippen LogP contribution in [0.5, 0.6) is 5.75 Å². The summed E-state index contributed by atoms with van der Waals surface area (Å²) in [6.07, 6.45) is 5.77. The van der Waals surface area contributed by atoms with Crippen molar-refractivity contribution in [2.75, 3.05) is 12.4 Å². The molecule has 1 atom stereocenters. The molecule has 216 valence electrons. The number of benzene rings is 2. The molecule has 10 nitrogen and oxygen atoms in total. The molecule has 0 radical (unpaired) electrons. The lowest BCUT2D eigenvalue weighted by atomic mass is 9.96. The lowest BCUT2D eigenvalue weighted by molar-refractivity contribution is -0.119. The molecule has 0 saturated heterocycles. The number of aromatic carboxylic acids is 1. The molecule has 42 heavy (non-hydrogen) atoms. The number of methoxy groups -OCH3 is 1. The average molecular weight is 589 g/mol. The fraction of sp³-hybridized carbons (Fsp3) is 0.258. The minimum atomic E-state index is -1.08. The summed E-state index contributed by atoms with van der Waals surface area (Å²) in [5, 5.41) is 17.0. The van der Waals surface area contributed by atoms with Crippen molar-refractivity contribution in [1.29, 1.82) is 0 Å². The van der Waals surface area contributed by atoms with Gasteiger partial charge in [-0.25, -0.2) is 4.79 Å². The Kier molecular flexibility index (Phi) is 8.26. The van der Waals surface area contributed by atoms with Crippen molar-refractivity contribution in [1.82, 2.24) is 14.3 Å². The summed E-state index contributed by atoms with van der Waals surface area (Å²) < 4.78 is 8.81. The molecule has 1 aliphatic rings. The fourth-order valence-corrected chi connectivity index (χ4v) is 4.96. The molecular weight excluding hydrogens is 560 g/mol. The molecule has 11 heteroatoms. The van der Waals surface area contributed by atoms with E-state index in [9.17, 15) is 24.3 Å². The highest BCUT2D eigenvalue weighted by Crippen LogP contribution is 2.36. The number of aromatic nitrogens is 3. The molecule has 5 rings (SSSR count).